The van der Waals surface area contributed by atoms with E-state index in [1.54, 1.807) is 7.11 Å². The molecule has 6 heteroatoms. The Bertz CT molecular complexity index is 623. The minimum atomic E-state index is 0. The Hall–Kier alpha value is -1.20. The highest BCUT2D eigenvalue weighted by Gasteiger charge is 2.23. The molecule has 1 aliphatic heterocycles. The first kappa shape index (κ1) is 19.8. The van der Waals surface area contributed by atoms with Gasteiger partial charge in [-0.3, -0.25) is 4.90 Å². The van der Waals surface area contributed by atoms with Gasteiger partial charge >= 0.3 is 0 Å². The molecule has 3 rings (SSSR count). The summed E-state index contributed by atoms with van der Waals surface area (Å²) < 4.78 is 5.37. The lowest BCUT2D eigenvalue weighted by Crippen LogP contribution is -2.45. The zero-order chi connectivity index (χ0) is 14.7. The Balaban J connectivity index is 0.00000132. The Morgan fingerprint density at radius 3 is 2.70 bits per heavy atom. The van der Waals surface area contributed by atoms with E-state index in [0.29, 0.717) is 6.04 Å². The maximum atomic E-state index is 5.37. The highest BCUT2D eigenvalue weighted by molar-refractivity contribution is 5.86. The van der Waals surface area contributed by atoms with Crippen molar-refractivity contribution in [1.82, 2.24) is 15.2 Å². The minimum Gasteiger partial charge on any atom is -0.497 e. The smallest absolute Gasteiger partial charge is 0.119 e. The lowest BCUT2D eigenvalue weighted by molar-refractivity contribution is 0.175. The number of piperazine rings is 1. The molecule has 1 aromatic heterocycles. The van der Waals surface area contributed by atoms with E-state index in [-0.39, 0.29) is 24.8 Å². The van der Waals surface area contributed by atoms with Crippen LogP contribution in [0.2, 0.25) is 0 Å². The highest BCUT2D eigenvalue weighted by Crippen LogP contribution is 2.33. The number of ether oxygens (including phenoxy) is 1. The van der Waals surface area contributed by atoms with Crippen LogP contribution in [0.5, 0.6) is 5.75 Å². The number of methoxy groups -OCH3 is 1. The molecule has 1 aliphatic rings. The van der Waals surface area contributed by atoms with Gasteiger partial charge in [0, 0.05) is 49.3 Å². The van der Waals surface area contributed by atoms with Crippen LogP contribution in [-0.4, -0.2) is 43.2 Å². The van der Waals surface area contributed by atoms with Gasteiger partial charge in [0.25, 0.3) is 0 Å². The first-order chi connectivity index (χ1) is 10.3. The van der Waals surface area contributed by atoms with Crippen LogP contribution < -0.4 is 10.1 Å². The summed E-state index contributed by atoms with van der Waals surface area (Å²) in [6.45, 7) is 8.21. The van der Waals surface area contributed by atoms with Gasteiger partial charge in [-0.1, -0.05) is 6.08 Å². The molecule has 1 fully saturated rings. The molecule has 2 heterocycles. The lowest BCUT2D eigenvalue weighted by atomic mass is 10.0. The zero-order valence-corrected chi connectivity index (χ0v) is 15.0. The molecular formula is C17H25Cl2N3O. The molecule has 2 N–H and O–H groups in total. The highest BCUT2D eigenvalue weighted by atomic mass is 35.5. The van der Waals surface area contributed by atoms with Crippen LogP contribution in [-0.2, 0) is 0 Å². The van der Waals surface area contributed by atoms with Crippen molar-refractivity contribution >= 4 is 35.7 Å². The molecule has 128 valence electrons. The van der Waals surface area contributed by atoms with E-state index < -0.39 is 0 Å². The predicted molar refractivity (Wildman–Crippen MR) is 101 cm³/mol. The molecular weight excluding hydrogens is 333 g/mol. The summed E-state index contributed by atoms with van der Waals surface area (Å²) in [6.07, 6.45) is 5.12. The molecule has 0 saturated carbocycles. The molecule has 1 atom stereocenters. The number of H-pyrrole nitrogens is 1. The van der Waals surface area contributed by atoms with Crippen molar-refractivity contribution in [1.29, 1.82) is 0 Å². The van der Waals surface area contributed by atoms with E-state index in [2.05, 4.69) is 40.1 Å². The van der Waals surface area contributed by atoms with Crippen LogP contribution in [0.1, 0.15) is 18.0 Å². The molecule has 1 aromatic carbocycles. The SMILES string of the molecule is C=CC[C@H](c1c[nH]c2ccc(OC)cc12)N1CCNCC1.Cl.Cl. The minimum absolute atomic E-state index is 0. The first-order valence-electron chi connectivity index (χ1n) is 7.54. The fourth-order valence-electron chi connectivity index (χ4n) is 3.15. The van der Waals surface area contributed by atoms with Gasteiger partial charge in [-0.2, -0.15) is 0 Å². The number of benzene rings is 1. The third kappa shape index (κ3) is 4.21. The van der Waals surface area contributed by atoms with E-state index in [9.17, 15) is 0 Å². The molecule has 1 saturated heterocycles. The monoisotopic (exact) mass is 357 g/mol. The van der Waals surface area contributed by atoms with Crippen LogP contribution in [0.4, 0.5) is 0 Å². The van der Waals surface area contributed by atoms with E-state index >= 15 is 0 Å². The molecule has 2 aromatic rings. The summed E-state index contributed by atoms with van der Waals surface area (Å²) in [5.41, 5.74) is 2.50. The van der Waals surface area contributed by atoms with Crippen molar-refractivity contribution in [2.75, 3.05) is 33.3 Å². The predicted octanol–water partition coefficient (Wildman–Crippen LogP) is 3.54. The molecule has 0 bridgehead atoms. The Labute approximate surface area is 150 Å². The van der Waals surface area contributed by atoms with Gasteiger partial charge in [-0.15, -0.1) is 31.4 Å². The molecule has 0 unspecified atom stereocenters. The summed E-state index contributed by atoms with van der Waals surface area (Å²) in [5.74, 6) is 0.904. The molecule has 0 spiro atoms. The number of halogens is 2. The summed E-state index contributed by atoms with van der Waals surface area (Å²) in [4.78, 5) is 5.93. The van der Waals surface area contributed by atoms with Crippen molar-refractivity contribution in [3.63, 3.8) is 0 Å². The third-order valence-electron chi connectivity index (χ3n) is 4.26. The van der Waals surface area contributed by atoms with Crippen molar-refractivity contribution in [2.45, 2.75) is 12.5 Å². The van der Waals surface area contributed by atoms with Gasteiger partial charge in [-0.05, 0) is 30.2 Å². The third-order valence-corrected chi connectivity index (χ3v) is 4.26. The van der Waals surface area contributed by atoms with Crippen LogP contribution in [0.15, 0.2) is 37.1 Å². The van der Waals surface area contributed by atoms with E-state index in [1.165, 1.54) is 10.9 Å². The van der Waals surface area contributed by atoms with Gasteiger partial charge < -0.3 is 15.0 Å². The van der Waals surface area contributed by atoms with Gasteiger partial charge in [0.15, 0.2) is 0 Å². The fraction of sp³-hybridized carbons (Fsp3) is 0.412. The van der Waals surface area contributed by atoms with Crippen LogP contribution in [0.3, 0.4) is 0 Å². The van der Waals surface area contributed by atoms with Crippen LogP contribution in [0, 0.1) is 0 Å². The van der Waals surface area contributed by atoms with E-state index in [0.717, 1.165) is 43.9 Å². The number of hydrogen-bond donors (Lipinski definition) is 2. The average Bonchev–Trinajstić information content (AvgIpc) is 2.96. The number of fused-ring (bicyclic) bond motifs is 1. The largest absolute Gasteiger partial charge is 0.497 e. The topological polar surface area (TPSA) is 40.3 Å². The second-order valence-corrected chi connectivity index (χ2v) is 5.48. The fourth-order valence-corrected chi connectivity index (χ4v) is 3.15. The zero-order valence-electron chi connectivity index (χ0n) is 13.4. The summed E-state index contributed by atoms with van der Waals surface area (Å²) in [5, 5.41) is 4.67. The normalized spacial score (nSPS) is 16.2. The number of hydrogen-bond acceptors (Lipinski definition) is 3. The van der Waals surface area contributed by atoms with Gasteiger partial charge in [-0.25, -0.2) is 0 Å². The number of nitrogens with one attached hydrogen (secondary N) is 2. The molecule has 23 heavy (non-hydrogen) atoms. The van der Waals surface area contributed by atoms with Gasteiger partial charge in [0.05, 0.1) is 7.11 Å². The summed E-state index contributed by atoms with van der Waals surface area (Å²) in [7, 11) is 1.71. The number of rotatable bonds is 5. The molecule has 0 radical (unpaired) electrons. The van der Waals surface area contributed by atoms with Gasteiger partial charge in [0.2, 0.25) is 0 Å². The quantitative estimate of drug-likeness (QED) is 0.804. The van der Waals surface area contributed by atoms with Crippen LogP contribution in [0.25, 0.3) is 10.9 Å². The van der Waals surface area contributed by atoms with E-state index in [4.69, 9.17) is 4.74 Å². The van der Waals surface area contributed by atoms with Crippen molar-refractivity contribution in [3.05, 3.63) is 42.6 Å². The second-order valence-electron chi connectivity index (χ2n) is 5.48. The molecule has 0 aliphatic carbocycles. The first-order valence-corrected chi connectivity index (χ1v) is 7.54. The molecule has 0 amide bonds. The Kier molecular flexibility index (Phi) is 7.92. The average molecular weight is 358 g/mol. The number of aromatic nitrogens is 1. The van der Waals surface area contributed by atoms with Crippen molar-refractivity contribution in [3.8, 4) is 5.75 Å². The van der Waals surface area contributed by atoms with Gasteiger partial charge in [0.1, 0.15) is 5.75 Å². The summed E-state index contributed by atoms with van der Waals surface area (Å²) in [6, 6.07) is 6.58. The lowest BCUT2D eigenvalue weighted by Gasteiger charge is -2.34. The number of nitrogens with zero attached hydrogens (tertiary/aromatic N) is 1. The summed E-state index contributed by atoms with van der Waals surface area (Å²) >= 11 is 0. The maximum absolute atomic E-state index is 5.37. The second kappa shape index (κ2) is 9.18. The Morgan fingerprint density at radius 2 is 2.04 bits per heavy atom. The standard InChI is InChI=1S/C17H23N3O.2ClH/c1-3-4-17(20-9-7-18-8-10-20)15-12-19-16-6-5-13(21-2)11-14(15)16;;/h3,5-6,11-12,17-19H,1,4,7-10H2,2H3;2*1H/t17-;;/m1../s1. The maximum Gasteiger partial charge on any atom is 0.119 e. The Morgan fingerprint density at radius 1 is 1.30 bits per heavy atom. The van der Waals surface area contributed by atoms with Crippen molar-refractivity contribution in [2.24, 2.45) is 0 Å². The number of aromatic amines is 1. The van der Waals surface area contributed by atoms with E-state index in [1.807, 2.05) is 12.1 Å². The van der Waals surface area contributed by atoms with Crippen LogP contribution >= 0.6 is 24.8 Å². The molecule has 4 nitrogen and oxygen atoms in total. The van der Waals surface area contributed by atoms with Crippen molar-refractivity contribution < 1.29 is 4.74 Å².